The largest absolute Gasteiger partial charge is 0.296 e. The maximum atomic E-state index is 12.6. The minimum Gasteiger partial charge on any atom is -0.266 e. The van der Waals surface area contributed by atoms with Crippen LogP contribution in [0.3, 0.4) is 0 Å². The molecule has 0 saturated carbocycles. The fraction of sp³-hybridized carbons (Fsp3) is 0.364. The van der Waals surface area contributed by atoms with Crippen molar-refractivity contribution in [1.29, 1.82) is 0 Å². The Hall–Kier alpha value is -2.00. The quantitative estimate of drug-likeness (QED) is 0.316. The van der Waals surface area contributed by atoms with Gasteiger partial charge in [-0.3, -0.25) is 4.18 Å². The summed E-state index contributed by atoms with van der Waals surface area (Å²) < 4.78 is 57.4. The zero-order valence-electron chi connectivity index (χ0n) is 17.6. The summed E-state index contributed by atoms with van der Waals surface area (Å²) in [6.45, 7) is 9.62. The molecule has 1 atom stereocenters. The van der Waals surface area contributed by atoms with E-state index >= 15 is 0 Å². The third-order valence-corrected chi connectivity index (χ3v) is 7.53. The molecule has 164 valence electrons. The lowest BCUT2D eigenvalue weighted by molar-refractivity contribution is 0.311. The molecule has 0 spiro atoms. The highest BCUT2D eigenvalue weighted by Gasteiger charge is 2.21. The van der Waals surface area contributed by atoms with Crippen molar-refractivity contribution in [3.8, 4) is 0 Å². The molecular formula is C22H29NO5S2. The van der Waals surface area contributed by atoms with E-state index in [1.54, 1.807) is 36.4 Å². The highest BCUT2D eigenvalue weighted by molar-refractivity contribution is 7.89. The van der Waals surface area contributed by atoms with Crippen LogP contribution in [0.2, 0.25) is 0 Å². The van der Waals surface area contributed by atoms with E-state index in [2.05, 4.69) is 11.3 Å². The SMILES string of the molecule is C=C(CCCOS(=O)(=O)c1ccc(C)cc1)C(CC)NS(=O)(=O)c1ccc(C)cc1. The summed E-state index contributed by atoms with van der Waals surface area (Å²) in [5.41, 5.74) is 2.62. The number of nitrogens with one attached hydrogen (secondary N) is 1. The fourth-order valence-corrected chi connectivity index (χ4v) is 5.12. The second kappa shape index (κ2) is 10.3. The molecule has 0 bridgehead atoms. The number of sulfonamides is 1. The molecule has 8 heteroatoms. The summed E-state index contributed by atoms with van der Waals surface area (Å²) in [5, 5.41) is 0. The van der Waals surface area contributed by atoms with Crippen molar-refractivity contribution in [3.05, 3.63) is 71.8 Å². The molecule has 2 rings (SSSR count). The van der Waals surface area contributed by atoms with Crippen LogP contribution < -0.4 is 4.72 Å². The van der Waals surface area contributed by atoms with Gasteiger partial charge in [0.1, 0.15) is 0 Å². The van der Waals surface area contributed by atoms with Gasteiger partial charge in [0, 0.05) is 6.04 Å². The van der Waals surface area contributed by atoms with Gasteiger partial charge in [0.2, 0.25) is 10.0 Å². The van der Waals surface area contributed by atoms with E-state index < -0.39 is 26.2 Å². The molecule has 0 amide bonds. The van der Waals surface area contributed by atoms with E-state index in [9.17, 15) is 16.8 Å². The minimum absolute atomic E-state index is 0.00360. The van der Waals surface area contributed by atoms with Crippen LogP contribution >= 0.6 is 0 Å². The second-order valence-electron chi connectivity index (χ2n) is 7.25. The average Bonchev–Trinajstić information content (AvgIpc) is 2.70. The third kappa shape index (κ3) is 6.77. The molecule has 6 nitrogen and oxygen atoms in total. The minimum atomic E-state index is -3.81. The lowest BCUT2D eigenvalue weighted by Crippen LogP contribution is -2.35. The lowest BCUT2D eigenvalue weighted by atomic mass is 10.0. The van der Waals surface area contributed by atoms with E-state index in [0.29, 0.717) is 24.8 Å². The summed E-state index contributed by atoms with van der Waals surface area (Å²) in [7, 11) is -7.48. The molecule has 0 aliphatic rings. The van der Waals surface area contributed by atoms with Crippen molar-refractivity contribution in [2.24, 2.45) is 0 Å². The number of hydrogen-bond donors (Lipinski definition) is 1. The molecule has 0 saturated heterocycles. The summed E-state index contributed by atoms with van der Waals surface area (Å²) in [4.78, 5) is 0.316. The van der Waals surface area contributed by atoms with Crippen molar-refractivity contribution in [3.63, 3.8) is 0 Å². The van der Waals surface area contributed by atoms with Gasteiger partial charge in [-0.2, -0.15) is 8.42 Å². The molecule has 1 N–H and O–H groups in total. The highest BCUT2D eigenvalue weighted by Crippen LogP contribution is 2.18. The first-order valence-electron chi connectivity index (χ1n) is 9.78. The Labute approximate surface area is 180 Å². The zero-order chi connectivity index (χ0) is 22.4. The predicted molar refractivity (Wildman–Crippen MR) is 118 cm³/mol. The summed E-state index contributed by atoms with van der Waals surface area (Å²) in [6.07, 6.45) is 1.39. The van der Waals surface area contributed by atoms with Gasteiger partial charge in [0.15, 0.2) is 0 Å². The molecule has 0 radical (unpaired) electrons. The fourth-order valence-electron chi connectivity index (χ4n) is 2.84. The summed E-state index contributed by atoms with van der Waals surface area (Å²) in [6, 6.07) is 12.6. The van der Waals surface area contributed by atoms with Gasteiger partial charge < -0.3 is 0 Å². The molecule has 0 fully saturated rings. The van der Waals surface area contributed by atoms with Crippen LogP contribution in [0.15, 0.2) is 70.5 Å². The van der Waals surface area contributed by atoms with Crippen LogP contribution in [0.25, 0.3) is 0 Å². The first-order valence-corrected chi connectivity index (χ1v) is 12.7. The van der Waals surface area contributed by atoms with Crippen LogP contribution in [0.4, 0.5) is 0 Å². The maximum absolute atomic E-state index is 12.6. The van der Waals surface area contributed by atoms with Crippen molar-refractivity contribution in [1.82, 2.24) is 4.72 Å². The van der Waals surface area contributed by atoms with E-state index in [4.69, 9.17) is 4.18 Å². The lowest BCUT2D eigenvalue weighted by Gasteiger charge is -2.20. The Morgan fingerprint density at radius 2 is 1.43 bits per heavy atom. The molecular weight excluding hydrogens is 422 g/mol. The van der Waals surface area contributed by atoms with Crippen molar-refractivity contribution < 1.29 is 21.0 Å². The third-order valence-electron chi connectivity index (χ3n) is 4.72. The Kier molecular flexibility index (Phi) is 8.37. The Morgan fingerprint density at radius 3 is 1.93 bits per heavy atom. The van der Waals surface area contributed by atoms with Crippen LogP contribution in [-0.2, 0) is 24.3 Å². The van der Waals surface area contributed by atoms with Crippen molar-refractivity contribution >= 4 is 20.1 Å². The molecule has 0 aliphatic heterocycles. The molecule has 0 heterocycles. The topological polar surface area (TPSA) is 89.5 Å². The monoisotopic (exact) mass is 451 g/mol. The van der Waals surface area contributed by atoms with Gasteiger partial charge in [-0.15, -0.1) is 0 Å². The van der Waals surface area contributed by atoms with E-state index in [1.165, 1.54) is 12.1 Å². The zero-order valence-corrected chi connectivity index (χ0v) is 19.2. The normalized spacial score (nSPS) is 13.2. The average molecular weight is 452 g/mol. The molecule has 0 aromatic heterocycles. The maximum Gasteiger partial charge on any atom is 0.296 e. The highest BCUT2D eigenvalue weighted by atomic mass is 32.2. The Bertz CT molecular complexity index is 1060. The van der Waals surface area contributed by atoms with Gasteiger partial charge in [-0.1, -0.05) is 54.5 Å². The first kappa shape index (κ1) is 24.3. The molecule has 2 aromatic rings. The van der Waals surface area contributed by atoms with Gasteiger partial charge in [-0.05, 0) is 57.4 Å². The summed E-state index contributed by atoms with van der Waals surface area (Å²) >= 11 is 0. The van der Waals surface area contributed by atoms with Crippen LogP contribution in [0.5, 0.6) is 0 Å². The predicted octanol–water partition coefficient (Wildman–Crippen LogP) is 4.10. The van der Waals surface area contributed by atoms with Crippen LogP contribution in [-0.4, -0.2) is 29.5 Å². The number of rotatable bonds is 11. The molecule has 1 unspecified atom stereocenters. The van der Waals surface area contributed by atoms with Gasteiger partial charge >= 0.3 is 0 Å². The van der Waals surface area contributed by atoms with E-state index in [0.717, 1.165) is 11.1 Å². The molecule has 0 aliphatic carbocycles. The van der Waals surface area contributed by atoms with Crippen molar-refractivity contribution in [2.75, 3.05) is 6.61 Å². The Balaban J connectivity index is 1.89. The van der Waals surface area contributed by atoms with Gasteiger partial charge in [0.05, 0.1) is 16.4 Å². The summed E-state index contributed by atoms with van der Waals surface area (Å²) in [5.74, 6) is 0. The molecule has 30 heavy (non-hydrogen) atoms. The molecule has 2 aromatic carbocycles. The number of aryl methyl sites for hydroxylation is 2. The smallest absolute Gasteiger partial charge is 0.266 e. The van der Waals surface area contributed by atoms with Gasteiger partial charge in [0.25, 0.3) is 10.1 Å². The van der Waals surface area contributed by atoms with E-state index in [-0.39, 0.29) is 16.4 Å². The number of hydrogen-bond acceptors (Lipinski definition) is 5. The second-order valence-corrected chi connectivity index (χ2v) is 10.6. The van der Waals surface area contributed by atoms with Crippen LogP contribution in [0, 0.1) is 13.8 Å². The van der Waals surface area contributed by atoms with E-state index in [1.807, 2.05) is 20.8 Å². The number of benzene rings is 2. The van der Waals surface area contributed by atoms with Crippen molar-refractivity contribution in [2.45, 2.75) is 55.9 Å². The standard InChI is InChI=1S/C22H29NO5S2/c1-5-22(23-29(24,25)20-12-8-17(2)9-13-20)19(4)7-6-16-28-30(26,27)21-14-10-18(3)11-15-21/h8-15,22-23H,4-7,16H2,1-3H3. The van der Waals surface area contributed by atoms with Gasteiger partial charge in [-0.25, -0.2) is 13.1 Å². The van der Waals surface area contributed by atoms with Crippen LogP contribution in [0.1, 0.15) is 37.3 Å². The Morgan fingerprint density at radius 1 is 0.933 bits per heavy atom. The first-order chi connectivity index (χ1) is 14.0.